The van der Waals surface area contributed by atoms with Gasteiger partial charge in [0.2, 0.25) is 5.91 Å². The topological polar surface area (TPSA) is 221 Å². The van der Waals surface area contributed by atoms with Gasteiger partial charge < -0.3 is 44.3 Å². The van der Waals surface area contributed by atoms with Crippen molar-refractivity contribution in [3.63, 3.8) is 0 Å². The number of hydrogen-bond donors (Lipinski definition) is 4. The molecule has 1 aliphatic heterocycles. The number of carbonyl (C=O) groups excluding carboxylic acids is 6. The number of carbonyl (C=O) groups is 6. The third-order valence-corrected chi connectivity index (χ3v) is 14.0. The lowest BCUT2D eigenvalue weighted by atomic mass is 9.44. The first-order chi connectivity index (χ1) is 29.1. The Kier molecular flexibility index (Phi) is 13.3. The molecule has 1 heterocycles. The number of rotatable bonds is 13. The summed E-state index contributed by atoms with van der Waals surface area (Å²) in [5.41, 5.74) is -7.14. The van der Waals surface area contributed by atoms with E-state index in [0.717, 1.165) is 20.3 Å². The molecule has 2 saturated carbocycles. The number of ether oxygens (including phenoxy) is 5. The molecule has 1 saturated heterocycles. The summed E-state index contributed by atoms with van der Waals surface area (Å²) in [5.74, 6) is -6.30. The molecule has 0 radical (unpaired) electrons. The van der Waals surface area contributed by atoms with Crippen LogP contribution in [0.4, 0.5) is 0 Å². The molecule has 12 atom stereocenters. The zero-order chi connectivity index (χ0) is 45.5. The second-order valence-corrected chi connectivity index (χ2v) is 18.1. The van der Waals surface area contributed by atoms with Gasteiger partial charge in [-0.1, -0.05) is 82.6 Å². The van der Waals surface area contributed by atoms with Gasteiger partial charge in [-0.25, -0.2) is 9.59 Å². The van der Waals surface area contributed by atoms with Gasteiger partial charge in [-0.3, -0.25) is 19.2 Å². The smallest absolute Gasteiger partial charge is 0.338 e. The number of aliphatic hydroxyl groups excluding tert-OH is 2. The quantitative estimate of drug-likeness (QED) is 0.126. The van der Waals surface area contributed by atoms with Crippen molar-refractivity contribution in [3.05, 3.63) is 82.9 Å². The average Bonchev–Trinajstić information content (AvgIpc) is 3.22. The first-order valence-electron chi connectivity index (χ1n) is 21.3. The molecule has 0 aromatic heterocycles. The van der Waals surface area contributed by atoms with Crippen LogP contribution in [-0.4, -0.2) is 105 Å². The highest BCUT2D eigenvalue weighted by atomic mass is 16.6. The number of amides is 1. The van der Waals surface area contributed by atoms with Crippen LogP contribution in [0.2, 0.25) is 0 Å². The lowest BCUT2D eigenvalue weighted by Crippen LogP contribution is -2.82. The molecule has 2 aromatic carbocycles. The molecule has 2 aromatic rings. The highest BCUT2D eigenvalue weighted by Crippen LogP contribution is 2.64. The first kappa shape index (κ1) is 46.5. The number of esters is 4. The predicted molar refractivity (Wildman–Crippen MR) is 221 cm³/mol. The molecular weight excluding hydrogens is 803 g/mol. The number of Topliss-reactive ketones (excluding diaryl/α,β-unsaturated/α-hetero) is 1. The van der Waals surface area contributed by atoms with Crippen molar-refractivity contribution < 1.29 is 67.8 Å². The van der Waals surface area contributed by atoms with Crippen molar-refractivity contribution in [1.82, 2.24) is 5.32 Å². The Morgan fingerprint density at radius 1 is 0.935 bits per heavy atom. The Bertz CT molecular complexity index is 2090. The number of fused-ring (bicyclic) bond motifs is 5. The van der Waals surface area contributed by atoms with E-state index in [-0.39, 0.29) is 42.1 Å². The molecule has 3 aliphatic carbocycles. The SMILES string of the molecule is CCC(C)CCC(=O)NC(c1ccccc1)[C@@H](O)C(=O)O[C@H]1C[C@@]2(O)[C@@H](OC(=O)c3ccccc3)[C@@H]3[C@]4(OC(C)=O)CO[C@@H]4C[C@H](O)[C@@]3(C)C(=O)[C@H](OC(C)=O)C(=C1C)C2(C)C. The van der Waals surface area contributed by atoms with Crippen molar-refractivity contribution in [2.24, 2.45) is 22.7 Å². The zero-order valence-electron chi connectivity index (χ0n) is 36.5. The molecule has 2 unspecified atom stereocenters. The molecule has 4 N–H and O–H groups in total. The van der Waals surface area contributed by atoms with Crippen LogP contribution in [0.1, 0.15) is 109 Å². The summed E-state index contributed by atoms with van der Waals surface area (Å²) in [6, 6.07) is 15.0. The van der Waals surface area contributed by atoms with Crippen LogP contribution in [0.25, 0.3) is 0 Å². The Morgan fingerprint density at radius 3 is 2.13 bits per heavy atom. The fourth-order valence-corrected chi connectivity index (χ4v) is 10.2. The summed E-state index contributed by atoms with van der Waals surface area (Å²) in [6.07, 6.45) is -8.78. The number of ketones is 1. The molecular formula is C47H59NO14. The molecule has 0 spiro atoms. The molecule has 15 heteroatoms. The molecule has 1 amide bonds. The van der Waals surface area contributed by atoms with Crippen molar-refractivity contribution in [3.8, 4) is 0 Å². The van der Waals surface area contributed by atoms with Crippen LogP contribution in [0.5, 0.6) is 0 Å². The lowest BCUT2D eigenvalue weighted by Gasteiger charge is -2.67. The van der Waals surface area contributed by atoms with Crippen LogP contribution in [-0.2, 0) is 47.7 Å². The summed E-state index contributed by atoms with van der Waals surface area (Å²) in [7, 11) is 0. The van der Waals surface area contributed by atoms with E-state index in [4.69, 9.17) is 23.7 Å². The molecule has 3 fully saturated rings. The van der Waals surface area contributed by atoms with Gasteiger partial charge in [0.15, 0.2) is 23.6 Å². The van der Waals surface area contributed by atoms with Crippen molar-refractivity contribution in [2.75, 3.05) is 6.61 Å². The van der Waals surface area contributed by atoms with Crippen LogP contribution in [0.3, 0.4) is 0 Å². The highest BCUT2D eigenvalue weighted by molar-refractivity contribution is 5.95. The Morgan fingerprint density at radius 2 is 1.56 bits per heavy atom. The van der Waals surface area contributed by atoms with E-state index in [1.807, 2.05) is 13.8 Å². The second-order valence-electron chi connectivity index (χ2n) is 18.1. The van der Waals surface area contributed by atoms with Gasteiger partial charge in [-0.15, -0.1) is 0 Å². The summed E-state index contributed by atoms with van der Waals surface area (Å²) in [5, 5.41) is 40.3. The normalized spacial score (nSPS) is 32.5. The lowest BCUT2D eigenvalue weighted by molar-refractivity contribution is -0.346. The van der Waals surface area contributed by atoms with Crippen LogP contribution < -0.4 is 5.32 Å². The van der Waals surface area contributed by atoms with E-state index >= 15 is 4.79 Å². The van der Waals surface area contributed by atoms with E-state index in [1.54, 1.807) is 62.4 Å². The van der Waals surface area contributed by atoms with E-state index in [1.165, 1.54) is 26.0 Å². The van der Waals surface area contributed by atoms with Crippen LogP contribution in [0.15, 0.2) is 71.8 Å². The molecule has 62 heavy (non-hydrogen) atoms. The standard InChI is InChI=1S/C47H59NO14/c1-9-25(2)20-21-34(52)48-36(29-16-12-10-13-17-29)37(53)43(56)60-31-23-47(57)41(61-42(55)30-18-14-11-15-19-30)39-45(8,32(51)22-33-46(39,24-58-33)62-28(5)50)40(54)38(59-27(4)49)35(26(31)3)44(47,6)7/h10-19,25,31-33,36-39,41,51,53,57H,9,20-24H2,1-8H3,(H,48,52)/t25?,31-,32-,33+,36?,37+,38+,39-,41-,45+,46-,47+/m0/s1. The predicted octanol–water partition coefficient (Wildman–Crippen LogP) is 4.25. The minimum atomic E-state index is -2.37. The molecule has 15 nitrogen and oxygen atoms in total. The van der Waals surface area contributed by atoms with Crippen molar-refractivity contribution >= 4 is 35.6 Å². The second kappa shape index (κ2) is 17.7. The maximum atomic E-state index is 15.5. The zero-order valence-corrected chi connectivity index (χ0v) is 36.5. The molecule has 336 valence electrons. The third-order valence-electron chi connectivity index (χ3n) is 14.0. The van der Waals surface area contributed by atoms with Gasteiger partial charge in [-0.2, -0.15) is 0 Å². The van der Waals surface area contributed by atoms with E-state index in [0.29, 0.717) is 12.0 Å². The van der Waals surface area contributed by atoms with Crippen LogP contribution >= 0.6 is 0 Å². The first-order valence-corrected chi connectivity index (χ1v) is 21.3. The Hall–Kier alpha value is -4.96. The third kappa shape index (κ3) is 8.08. The summed E-state index contributed by atoms with van der Waals surface area (Å²) in [6.45, 7) is 12.1. The minimum Gasteiger partial charge on any atom is -0.456 e. The fraction of sp³-hybridized carbons (Fsp3) is 0.574. The number of aliphatic hydroxyl groups is 3. The number of nitrogens with one attached hydrogen (secondary N) is 1. The van der Waals surface area contributed by atoms with Gasteiger partial charge in [-0.05, 0) is 55.0 Å². The number of benzene rings is 2. The van der Waals surface area contributed by atoms with E-state index in [2.05, 4.69) is 5.32 Å². The van der Waals surface area contributed by atoms with Crippen molar-refractivity contribution in [2.45, 2.75) is 141 Å². The average molecular weight is 862 g/mol. The van der Waals surface area contributed by atoms with E-state index in [9.17, 15) is 39.3 Å². The molecule has 6 rings (SSSR count). The largest absolute Gasteiger partial charge is 0.456 e. The van der Waals surface area contributed by atoms with E-state index < -0.39 is 113 Å². The van der Waals surface area contributed by atoms with Gasteiger partial charge >= 0.3 is 23.9 Å². The molecule has 4 aliphatic rings. The summed E-state index contributed by atoms with van der Waals surface area (Å²) < 4.78 is 30.3. The van der Waals surface area contributed by atoms with Gasteiger partial charge in [0.1, 0.15) is 23.9 Å². The van der Waals surface area contributed by atoms with Crippen molar-refractivity contribution in [1.29, 1.82) is 0 Å². The highest BCUT2D eigenvalue weighted by Gasteiger charge is 2.78. The Balaban J connectivity index is 1.51. The fourth-order valence-electron chi connectivity index (χ4n) is 10.2. The maximum Gasteiger partial charge on any atom is 0.338 e. The minimum absolute atomic E-state index is 0.0119. The van der Waals surface area contributed by atoms with Gasteiger partial charge in [0.25, 0.3) is 0 Å². The monoisotopic (exact) mass is 861 g/mol. The maximum absolute atomic E-state index is 15.5. The summed E-state index contributed by atoms with van der Waals surface area (Å²) in [4.78, 5) is 83.2. The van der Waals surface area contributed by atoms with Crippen LogP contribution in [0, 0.1) is 22.7 Å². The van der Waals surface area contributed by atoms with Gasteiger partial charge in [0, 0.05) is 38.5 Å². The number of hydrogen-bond acceptors (Lipinski definition) is 14. The molecule has 2 bridgehead atoms. The summed E-state index contributed by atoms with van der Waals surface area (Å²) >= 11 is 0. The van der Waals surface area contributed by atoms with Gasteiger partial charge in [0.05, 0.1) is 35.6 Å². The Labute approximate surface area is 361 Å².